The van der Waals surface area contributed by atoms with Crippen molar-refractivity contribution in [1.82, 2.24) is 14.8 Å². The van der Waals surface area contributed by atoms with Gasteiger partial charge in [0, 0.05) is 18.2 Å². The molecule has 0 aliphatic rings. The second kappa shape index (κ2) is 8.50. The van der Waals surface area contributed by atoms with Crippen LogP contribution in [0.1, 0.15) is 39.2 Å². The Hall–Kier alpha value is -3.83. The molecule has 0 atom stereocenters. The number of nitrogens with one attached hydrogen (secondary N) is 1. The minimum absolute atomic E-state index is 0.00999. The number of carbonyl (C=O) groups is 2. The van der Waals surface area contributed by atoms with Crippen molar-refractivity contribution in [3.05, 3.63) is 69.5 Å². The van der Waals surface area contributed by atoms with Gasteiger partial charge in [-0.2, -0.15) is 15.0 Å². The van der Waals surface area contributed by atoms with Gasteiger partial charge in [0.05, 0.1) is 16.6 Å². The number of carbonyl (C=O) groups excluding carboxylic acids is 2. The van der Waals surface area contributed by atoms with Gasteiger partial charge in [-0.3, -0.25) is 9.59 Å². The molecule has 0 fully saturated rings. The summed E-state index contributed by atoms with van der Waals surface area (Å²) in [5, 5.41) is 19.4. The SMILES string of the molecule is Cc1cc(-n2ncc(C#N)c2NC(=O)CCC(=O)c2cccs2)nc2c(C)cccc12. The van der Waals surface area contributed by atoms with E-state index >= 15 is 0 Å². The smallest absolute Gasteiger partial charge is 0.226 e. The monoisotopic (exact) mass is 429 g/mol. The number of pyridine rings is 1. The molecule has 0 unspecified atom stereocenters. The molecule has 1 N–H and O–H groups in total. The molecule has 4 rings (SSSR count). The highest BCUT2D eigenvalue weighted by Gasteiger charge is 2.18. The summed E-state index contributed by atoms with van der Waals surface area (Å²) in [6.07, 6.45) is 1.50. The van der Waals surface area contributed by atoms with Crippen LogP contribution < -0.4 is 5.32 Å². The molecule has 154 valence electrons. The lowest BCUT2D eigenvalue weighted by Gasteiger charge is -2.12. The molecular formula is C23H19N5O2S. The Morgan fingerprint density at radius 1 is 1.16 bits per heavy atom. The Balaban J connectivity index is 1.62. The predicted molar refractivity (Wildman–Crippen MR) is 120 cm³/mol. The summed E-state index contributed by atoms with van der Waals surface area (Å²) in [6, 6.07) is 13.4. The van der Waals surface area contributed by atoms with Crippen LogP contribution in [0.3, 0.4) is 0 Å². The number of hydrogen-bond acceptors (Lipinski definition) is 6. The number of ketones is 1. The lowest BCUT2D eigenvalue weighted by atomic mass is 10.1. The van der Waals surface area contributed by atoms with Crippen LogP contribution >= 0.6 is 11.3 Å². The van der Waals surface area contributed by atoms with E-state index in [0.29, 0.717) is 10.7 Å². The first kappa shape index (κ1) is 20.4. The van der Waals surface area contributed by atoms with Gasteiger partial charge >= 0.3 is 0 Å². The zero-order valence-corrected chi connectivity index (χ0v) is 17.9. The van der Waals surface area contributed by atoms with E-state index in [1.165, 1.54) is 22.2 Å². The van der Waals surface area contributed by atoms with Gasteiger partial charge in [0.15, 0.2) is 17.4 Å². The molecule has 0 saturated heterocycles. The summed E-state index contributed by atoms with van der Waals surface area (Å²) >= 11 is 1.35. The standard InChI is InChI=1S/C23H19N5O2S/c1-14-5-3-6-17-15(2)11-20(26-22(14)17)28-23(16(12-24)13-25-28)27-21(30)9-8-18(29)19-7-4-10-31-19/h3-7,10-11,13H,8-9H2,1-2H3,(H,27,30). The fourth-order valence-corrected chi connectivity index (χ4v) is 4.05. The average Bonchev–Trinajstić information content (AvgIpc) is 3.43. The summed E-state index contributed by atoms with van der Waals surface area (Å²) in [7, 11) is 0. The number of nitriles is 1. The molecule has 4 aromatic rings. The Kier molecular flexibility index (Phi) is 5.60. The van der Waals surface area contributed by atoms with Crippen molar-refractivity contribution in [1.29, 1.82) is 5.26 Å². The van der Waals surface area contributed by atoms with Crippen molar-refractivity contribution < 1.29 is 9.59 Å². The van der Waals surface area contributed by atoms with E-state index in [1.807, 2.05) is 43.5 Å². The number of Topliss-reactive ketones (excluding diaryl/α,β-unsaturated/α-hetero) is 1. The minimum atomic E-state index is -0.364. The number of amides is 1. The summed E-state index contributed by atoms with van der Waals surface area (Å²) in [5.74, 6) is 0.306. The van der Waals surface area contributed by atoms with E-state index in [0.717, 1.165) is 22.0 Å². The molecule has 31 heavy (non-hydrogen) atoms. The average molecular weight is 430 g/mol. The number of fused-ring (bicyclic) bond motifs is 1. The lowest BCUT2D eigenvalue weighted by Crippen LogP contribution is -2.17. The second-order valence-corrected chi connectivity index (χ2v) is 8.10. The quantitative estimate of drug-likeness (QED) is 0.452. The van der Waals surface area contributed by atoms with E-state index in [2.05, 4.69) is 16.5 Å². The Labute approximate surface area is 183 Å². The van der Waals surface area contributed by atoms with Crippen LogP contribution in [0.4, 0.5) is 5.82 Å². The lowest BCUT2D eigenvalue weighted by molar-refractivity contribution is -0.116. The van der Waals surface area contributed by atoms with E-state index in [9.17, 15) is 14.9 Å². The molecule has 0 saturated carbocycles. The maximum Gasteiger partial charge on any atom is 0.226 e. The Morgan fingerprint density at radius 3 is 2.74 bits per heavy atom. The molecule has 0 bridgehead atoms. The molecule has 3 aromatic heterocycles. The van der Waals surface area contributed by atoms with E-state index in [4.69, 9.17) is 4.98 Å². The number of rotatable bonds is 6. The van der Waals surface area contributed by atoms with Gasteiger partial charge in [-0.25, -0.2) is 4.98 Å². The zero-order chi connectivity index (χ0) is 22.0. The van der Waals surface area contributed by atoms with Crippen LogP contribution in [0.15, 0.2) is 48.0 Å². The highest BCUT2D eigenvalue weighted by molar-refractivity contribution is 7.12. The normalized spacial score (nSPS) is 10.7. The molecule has 7 nitrogen and oxygen atoms in total. The second-order valence-electron chi connectivity index (χ2n) is 7.15. The van der Waals surface area contributed by atoms with Crippen LogP contribution in [0.2, 0.25) is 0 Å². The van der Waals surface area contributed by atoms with Gasteiger partial charge in [0.2, 0.25) is 5.91 Å². The number of anilines is 1. The van der Waals surface area contributed by atoms with Crippen molar-refractivity contribution in [2.24, 2.45) is 0 Å². The summed E-state index contributed by atoms with van der Waals surface area (Å²) in [6.45, 7) is 3.96. The van der Waals surface area contributed by atoms with Crippen molar-refractivity contribution in [2.75, 3.05) is 5.32 Å². The van der Waals surface area contributed by atoms with Crippen LogP contribution in [-0.2, 0) is 4.79 Å². The fourth-order valence-electron chi connectivity index (χ4n) is 3.36. The van der Waals surface area contributed by atoms with Crippen molar-refractivity contribution in [3.8, 4) is 11.9 Å². The number of thiophene rings is 1. The molecule has 3 heterocycles. The topological polar surface area (TPSA) is 101 Å². The number of aryl methyl sites for hydroxylation is 2. The first-order valence-corrected chi connectivity index (χ1v) is 10.6. The van der Waals surface area contributed by atoms with Gasteiger partial charge in [-0.05, 0) is 42.5 Å². The third-order valence-corrected chi connectivity index (χ3v) is 5.89. The van der Waals surface area contributed by atoms with E-state index in [1.54, 1.807) is 12.1 Å². The van der Waals surface area contributed by atoms with Gasteiger partial charge in [0.25, 0.3) is 0 Å². The van der Waals surface area contributed by atoms with Gasteiger partial charge in [-0.1, -0.05) is 24.3 Å². The molecule has 1 amide bonds. The molecule has 1 aromatic carbocycles. The maximum atomic E-state index is 12.5. The summed E-state index contributed by atoms with van der Waals surface area (Å²) in [4.78, 5) is 30.1. The van der Waals surface area contributed by atoms with Gasteiger partial charge < -0.3 is 5.32 Å². The van der Waals surface area contributed by atoms with Crippen molar-refractivity contribution >= 4 is 39.7 Å². The van der Waals surface area contributed by atoms with Crippen LogP contribution in [-0.4, -0.2) is 26.5 Å². The van der Waals surface area contributed by atoms with E-state index in [-0.39, 0.29) is 35.9 Å². The number of nitrogens with zero attached hydrogens (tertiary/aromatic N) is 4. The number of benzene rings is 1. The predicted octanol–water partition coefficient (Wildman–Crippen LogP) is 4.57. The third kappa shape index (κ3) is 4.09. The highest BCUT2D eigenvalue weighted by Crippen LogP contribution is 2.25. The highest BCUT2D eigenvalue weighted by atomic mass is 32.1. The van der Waals surface area contributed by atoms with Crippen molar-refractivity contribution in [3.63, 3.8) is 0 Å². The fraction of sp³-hybridized carbons (Fsp3) is 0.174. The van der Waals surface area contributed by atoms with Crippen LogP contribution in [0.5, 0.6) is 0 Å². The van der Waals surface area contributed by atoms with Crippen LogP contribution in [0, 0.1) is 25.2 Å². The molecule has 0 aliphatic carbocycles. The third-order valence-electron chi connectivity index (χ3n) is 4.97. The maximum absolute atomic E-state index is 12.5. The molecular weight excluding hydrogens is 410 g/mol. The molecule has 0 radical (unpaired) electrons. The molecule has 0 spiro atoms. The summed E-state index contributed by atoms with van der Waals surface area (Å²) in [5.41, 5.74) is 3.09. The number of aromatic nitrogens is 3. The van der Waals surface area contributed by atoms with Gasteiger partial charge in [-0.15, -0.1) is 11.3 Å². The first-order valence-electron chi connectivity index (χ1n) is 9.70. The number of hydrogen-bond donors (Lipinski definition) is 1. The van der Waals surface area contributed by atoms with E-state index < -0.39 is 0 Å². The summed E-state index contributed by atoms with van der Waals surface area (Å²) < 4.78 is 1.45. The molecule has 0 aliphatic heterocycles. The zero-order valence-electron chi connectivity index (χ0n) is 17.0. The Morgan fingerprint density at radius 2 is 2.00 bits per heavy atom. The Bertz CT molecular complexity index is 1330. The molecule has 8 heteroatoms. The van der Waals surface area contributed by atoms with Crippen LogP contribution in [0.25, 0.3) is 16.7 Å². The largest absolute Gasteiger partial charge is 0.309 e. The van der Waals surface area contributed by atoms with Gasteiger partial charge in [0.1, 0.15) is 11.6 Å². The van der Waals surface area contributed by atoms with Crippen molar-refractivity contribution in [2.45, 2.75) is 26.7 Å². The first-order chi connectivity index (χ1) is 15.0. The minimum Gasteiger partial charge on any atom is -0.309 e. The number of para-hydroxylation sites is 1.